The highest BCUT2D eigenvalue weighted by Gasteiger charge is 2.44. The molecule has 0 bridgehead atoms. The maximum atomic E-state index is 12.0. The number of carbonyl (C=O) groups excluding carboxylic acids is 1. The summed E-state index contributed by atoms with van der Waals surface area (Å²) in [6.07, 6.45) is 2.71. The number of hydrogen-bond acceptors (Lipinski definition) is 1. The number of likely N-dealkylation sites (tertiary alicyclic amines) is 1. The van der Waals surface area contributed by atoms with Crippen molar-refractivity contribution in [2.24, 2.45) is 11.8 Å². The van der Waals surface area contributed by atoms with E-state index in [2.05, 4.69) is 47.2 Å². The Hall–Kier alpha value is -0.220. The van der Waals surface area contributed by atoms with E-state index in [0.29, 0.717) is 11.8 Å². The standard InChI is InChI=1S/C15H30N2OS/c1-6-17(7-2,8-3)14-13(5)10-9-12(4)11-16(14)15(18)19/h12-14H,6-11H2,1-5H3/p+1. The zero-order valence-corrected chi connectivity index (χ0v) is 14.1. The molecule has 0 aromatic carbocycles. The summed E-state index contributed by atoms with van der Waals surface area (Å²) in [4.78, 5) is 14.1. The van der Waals surface area contributed by atoms with Crippen molar-refractivity contribution < 1.29 is 9.28 Å². The van der Waals surface area contributed by atoms with Gasteiger partial charge in [0.25, 0.3) is 5.24 Å². The third-order valence-electron chi connectivity index (χ3n) is 5.15. The van der Waals surface area contributed by atoms with Gasteiger partial charge in [-0.05, 0) is 39.5 Å². The second-order valence-electron chi connectivity index (χ2n) is 6.18. The number of amides is 1. The molecule has 19 heavy (non-hydrogen) atoms. The van der Waals surface area contributed by atoms with Gasteiger partial charge in [-0.1, -0.05) is 26.5 Å². The van der Waals surface area contributed by atoms with E-state index >= 15 is 0 Å². The van der Waals surface area contributed by atoms with Crippen molar-refractivity contribution in [2.45, 2.75) is 53.6 Å². The molecule has 0 N–H and O–H groups in total. The first-order valence-electron chi connectivity index (χ1n) is 7.77. The molecule has 1 heterocycles. The Morgan fingerprint density at radius 1 is 1.16 bits per heavy atom. The monoisotopic (exact) mass is 287 g/mol. The van der Waals surface area contributed by atoms with Gasteiger partial charge in [0, 0.05) is 12.5 Å². The van der Waals surface area contributed by atoms with Crippen LogP contribution >= 0.6 is 12.6 Å². The lowest BCUT2D eigenvalue weighted by Gasteiger charge is -2.49. The molecule has 112 valence electrons. The Balaban J connectivity index is 3.17. The normalized spacial score (nSPS) is 29.2. The Kier molecular flexibility index (Phi) is 6.18. The Bertz CT molecular complexity index is 296. The summed E-state index contributed by atoms with van der Waals surface area (Å²) < 4.78 is 1.00. The van der Waals surface area contributed by atoms with E-state index in [0.717, 1.165) is 30.7 Å². The van der Waals surface area contributed by atoms with Crippen molar-refractivity contribution in [3.8, 4) is 0 Å². The molecule has 0 spiro atoms. The SMILES string of the molecule is CC[N+](CC)(CC)C1C(C)CCC(C)CN1C(=O)S. The van der Waals surface area contributed by atoms with E-state index in [4.69, 9.17) is 0 Å². The summed E-state index contributed by atoms with van der Waals surface area (Å²) in [5.41, 5.74) is 0. The summed E-state index contributed by atoms with van der Waals surface area (Å²) in [7, 11) is 0. The van der Waals surface area contributed by atoms with Gasteiger partial charge in [-0.25, -0.2) is 0 Å². The molecule has 1 rings (SSSR count). The summed E-state index contributed by atoms with van der Waals surface area (Å²) in [6, 6.07) is 0. The van der Waals surface area contributed by atoms with E-state index < -0.39 is 0 Å². The molecule has 1 fully saturated rings. The fraction of sp³-hybridized carbons (Fsp3) is 0.933. The molecule has 3 nitrogen and oxygen atoms in total. The lowest BCUT2D eigenvalue weighted by molar-refractivity contribution is -0.959. The first-order valence-corrected chi connectivity index (χ1v) is 8.21. The first-order chi connectivity index (χ1) is 8.91. The van der Waals surface area contributed by atoms with E-state index in [9.17, 15) is 4.79 Å². The Morgan fingerprint density at radius 3 is 2.11 bits per heavy atom. The summed E-state index contributed by atoms with van der Waals surface area (Å²) in [5, 5.41) is -0.0524. The lowest BCUT2D eigenvalue weighted by Crippen LogP contribution is -2.64. The van der Waals surface area contributed by atoms with Gasteiger partial charge in [-0.15, -0.1) is 0 Å². The van der Waals surface area contributed by atoms with Gasteiger partial charge < -0.3 is 4.48 Å². The molecule has 1 amide bonds. The molecule has 1 aliphatic rings. The molecule has 4 heteroatoms. The summed E-state index contributed by atoms with van der Waals surface area (Å²) >= 11 is 4.15. The Morgan fingerprint density at radius 2 is 1.68 bits per heavy atom. The lowest BCUT2D eigenvalue weighted by atomic mass is 9.97. The molecule has 0 aromatic rings. The van der Waals surface area contributed by atoms with Gasteiger partial charge in [0.2, 0.25) is 0 Å². The van der Waals surface area contributed by atoms with Crippen LogP contribution in [-0.4, -0.2) is 47.0 Å². The summed E-state index contributed by atoms with van der Waals surface area (Å²) in [5.74, 6) is 1.12. The smallest absolute Gasteiger partial charge is 0.283 e. The number of hydrogen-bond donors (Lipinski definition) is 1. The van der Waals surface area contributed by atoms with Gasteiger partial charge in [0.15, 0.2) is 6.17 Å². The van der Waals surface area contributed by atoms with Crippen LogP contribution in [0.15, 0.2) is 0 Å². The quantitative estimate of drug-likeness (QED) is 0.619. The number of nitrogens with zero attached hydrogens (tertiary/aromatic N) is 2. The molecule has 3 atom stereocenters. The maximum Gasteiger partial charge on any atom is 0.283 e. The van der Waals surface area contributed by atoms with Crippen LogP contribution in [0.3, 0.4) is 0 Å². The van der Waals surface area contributed by atoms with Crippen LogP contribution in [0.5, 0.6) is 0 Å². The average Bonchev–Trinajstić information content (AvgIpc) is 2.54. The zero-order chi connectivity index (χ0) is 14.6. The van der Waals surface area contributed by atoms with E-state index in [1.54, 1.807) is 0 Å². The van der Waals surface area contributed by atoms with Crippen LogP contribution in [0.4, 0.5) is 4.79 Å². The van der Waals surface area contributed by atoms with Crippen molar-refractivity contribution in [3.05, 3.63) is 0 Å². The maximum absolute atomic E-state index is 12.0. The Labute approximate surface area is 124 Å². The van der Waals surface area contributed by atoms with Crippen molar-refractivity contribution in [3.63, 3.8) is 0 Å². The highest BCUT2D eigenvalue weighted by molar-refractivity contribution is 7.96. The molecule has 0 saturated carbocycles. The second-order valence-corrected chi connectivity index (χ2v) is 6.56. The molecular formula is C15H31N2OS+. The number of thiol groups is 1. The minimum atomic E-state index is -0.0524. The number of carbonyl (C=O) groups is 1. The predicted octanol–water partition coefficient (Wildman–Crippen LogP) is 3.61. The highest BCUT2D eigenvalue weighted by atomic mass is 32.1. The van der Waals surface area contributed by atoms with Gasteiger partial charge in [0.05, 0.1) is 19.6 Å². The topological polar surface area (TPSA) is 20.3 Å². The number of rotatable bonds is 4. The molecule has 3 unspecified atom stereocenters. The van der Waals surface area contributed by atoms with Crippen molar-refractivity contribution >= 4 is 17.9 Å². The third-order valence-corrected chi connectivity index (χ3v) is 5.40. The minimum Gasteiger partial charge on any atom is -0.304 e. The van der Waals surface area contributed by atoms with Gasteiger partial charge >= 0.3 is 0 Å². The summed E-state index contributed by atoms with van der Waals surface area (Å²) in [6.45, 7) is 15.4. The van der Waals surface area contributed by atoms with E-state index in [1.165, 1.54) is 12.8 Å². The van der Waals surface area contributed by atoms with Crippen LogP contribution in [0.25, 0.3) is 0 Å². The average molecular weight is 287 g/mol. The minimum absolute atomic E-state index is 0.0524. The second kappa shape index (κ2) is 6.98. The van der Waals surface area contributed by atoms with Gasteiger partial charge in [0.1, 0.15) is 0 Å². The fourth-order valence-electron chi connectivity index (χ4n) is 3.80. The number of quaternary nitrogens is 1. The predicted molar refractivity (Wildman–Crippen MR) is 84.3 cm³/mol. The van der Waals surface area contributed by atoms with Crippen molar-refractivity contribution in [1.29, 1.82) is 0 Å². The van der Waals surface area contributed by atoms with Crippen LogP contribution in [-0.2, 0) is 0 Å². The molecule has 1 aliphatic heterocycles. The molecule has 0 radical (unpaired) electrons. The van der Waals surface area contributed by atoms with Crippen LogP contribution in [0.1, 0.15) is 47.5 Å². The molecule has 0 aromatic heterocycles. The third kappa shape index (κ3) is 3.46. The fourth-order valence-corrected chi connectivity index (χ4v) is 4.00. The van der Waals surface area contributed by atoms with Gasteiger partial charge in [-0.3, -0.25) is 9.69 Å². The molecule has 1 saturated heterocycles. The van der Waals surface area contributed by atoms with Crippen LogP contribution in [0.2, 0.25) is 0 Å². The molecular weight excluding hydrogens is 256 g/mol. The first kappa shape index (κ1) is 16.8. The highest BCUT2D eigenvalue weighted by Crippen LogP contribution is 2.33. The van der Waals surface area contributed by atoms with Crippen molar-refractivity contribution in [1.82, 2.24) is 4.90 Å². The van der Waals surface area contributed by atoms with Crippen molar-refractivity contribution in [2.75, 3.05) is 26.2 Å². The van der Waals surface area contributed by atoms with Gasteiger partial charge in [-0.2, -0.15) is 0 Å². The molecule has 0 aliphatic carbocycles. The van der Waals surface area contributed by atoms with E-state index in [1.807, 2.05) is 4.90 Å². The van der Waals surface area contributed by atoms with E-state index in [-0.39, 0.29) is 11.4 Å². The largest absolute Gasteiger partial charge is 0.304 e. The zero-order valence-electron chi connectivity index (χ0n) is 13.2. The van der Waals surface area contributed by atoms with Crippen LogP contribution in [0, 0.1) is 11.8 Å². The van der Waals surface area contributed by atoms with Crippen LogP contribution < -0.4 is 0 Å².